The molecule has 0 aromatic rings. The smallest absolute Gasteiger partial charge is 0.235 e. The molecule has 1 amide bonds. The lowest BCUT2D eigenvalue weighted by molar-refractivity contribution is -0.127. The van der Waals surface area contributed by atoms with E-state index in [9.17, 15) is 9.59 Å². The highest BCUT2D eigenvalue weighted by Crippen LogP contribution is 2.12. The Morgan fingerprint density at radius 1 is 1.50 bits per heavy atom. The van der Waals surface area contributed by atoms with Gasteiger partial charge in [0.15, 0.2) is 10.8 Å². The molecule has 4 heteroatoms. The molecule has 0 atom stereocenters. The van der Waals surface area contributed by atoms with E-state index in [2.05, 4.69) is 0 Å². The number of hydrogen-bond acceptors (Lipinski definition) is 3. The first-order chi connectivity index (χ1) is 5.52. The fourth-order valence-corrected chi connectivity index (χ4v) is 1.37. The Hall–Kier alpha value is -0.770. The summed E-state index contributed by atoms with van der Waals surface area (Å²) in [5.41, 5.74) is 0. The van der Waals surface area contributed by atoms with Crippen LogP contribution in [-0.4, -0.2) is 28.1 Å². The first kappa shape index (κ1) is 9.32. The van der Waals surface area contributed by atoms with Gasteiger partial charge in [-0.3, -0.25) is 14.5 Å². The minimum Gasteiger partial charge on any atom is -0.300 e. The van der Waals surface area contributed by atoms with Crippen molar-refractivity contribution in [3.05, 3.63) is 0 Å². The number of Topliss-reactive ketones (excluding diaryl/α,β-unsaturated/α-hetero) is 1. The van der Waals surface area contributed by atoms with Crippen LogP contribution in [0.3, 0.4) is 0 Å². The summed E-state index contributed by atoms with van der Waals surface area (Å²) in [7, 11) is 0. The van der Waals surface area contributed by atoms with Gasteiger partial charge in [0.25, 0.3) is 0 Å². The summed E-state index contributed by atoms with van der Waals surface area (Å²) in [6.45, 7) is 4.53. The number of rotatable bonds is 2. The lowest BCUT2D eigenvalue weighted by Crippen LogP contribution is -2.32. The molecule has 0 saturated carbocycles. The van der Waals surface area contributed by atoms with E-state index in [1.165, 1.54) is 4.90 Å². The molecule has 3 nitrogen and oxygen atoms in total. The molecule has 0 aliphatic carbocycles. The second kappa shape index (κ2) is 3.31. The lowest BCUT2D eigenvalue weighted by Gasteiger charge is -2.16. The highest BCUT2D eigenvalue weighted by atomic mass is 32.1. The zero-order valence-corrected chi connectivity index (χ0v) is 7.98. The summed E-state index contributed by atoms with van der Waals surface area (Å²) in [6, 6.07) is 0. The standard InChI is InChI=1S/C8H11NO2S/c1-5(2)4-9-7(11)3-6(10)8(9)12/h5H,3-4H2,1-2H3. The van der Waals surface area contributed by atoms with Gasteiger partial charge in [0.05, 0.1) is 6.42 Å². The molecule has 1 aliphatic heterocycles. The van der Waals surface area contributed by atoms with E-state index in [-0.39, 0.29) is 23.1 Å². The number of likely N-dealkylation sites (tertiary alicyclic amines) is 1. The quantitative estimate of drug-likeness (QED) is 0.471. The number of carbonyl (C=O) groups is 2. The van der Waals surface area contributed by atoms with Crippen molar-refractivity contribution in [2.45, 2.75) is 20.3 Å². The number of carbonyl (C=O) groups excluding carboxylic acids is 2. The van der Waals surface area contributed by atoms with Gasteiger partial charge in [-0.05, 0) is 5.92 Å². The van der Waals surface area contributed by atoms with Gasteiger partial charge in [-0.2, -0.15) is 0 Å². The van der Waals surface area contributed by atoms with Crippen molar-refractivity contribution < 1.29 is 9.59 Å². The lowest BCUT2D eigenvalue weighted by atomic mass is 10.2. The monoisotopic (exact) mass is 185 g/mol. The zero-order valence-electron chi connectivity index (χ0n) is 7.16. The van der Waals surface area contributed by atoms with Crippen LogP contribution in [0, 0.1) is 5.92 Å². The first-order valence-corrected chi connectivity index (χ1v) is 4.30. The average molecular weight is 185 g/mol. The summed E-state index contributed by atoms with van der Waals surface area (Å²) in [4.78, 5) is 23.7. The molecule has 12 heavy (non-hydrogen) atoms. The molecule has 1 fully saturated rings. The molecule has 0 unspecified atom stereocenters. The zero-order chi connectivity index (χ0) is 9.30. The van der Waals surface area contributed by atoms with Crippen LogP contribution < -0.4 is 0 Å². The van der Waals surface area contributed by atoms with Crippen LogP contribution in [0.2, 0.25) is 0 Å². The van der Waals surface area contributed by atoms with Gasteiger partial charge in [-0.25, -0.2) is 0 Å². The SMILES string of the molecule is CC(C)CN1C(=O)CC(=O)C1=S. The highest BCUT2D eigenvalue weighted by molar-refractivity contribution is 7.82. The van der Waals surface area contributed by atoms with Crippen LogP contribution in [0.1, 0.15) is 20.3 Å². The minimum absolute atomic E-state index is 0.0362. The van der Waals surface area contributed by atoms with E-state index in [0.717, 1.165) is 0 Å². The van der Waals surface area contributed by atoms with E-state index >= 15 is 0 Å². The molecule has 0 bridgehead atoms. The van der Waals surface area contributed by atoms with Crippen molar-refractivity contribution >= 4 is 28.9 Å². The van der Waals surface area contributed by atoms with Crippen LogP contribution in [0.15, 0.2) is 0 Å². The van der Waals surface area contributed by atoms with Gasteiger partial charge in [0.1, 0.15) is 0 Å². The fourth-order valence-electron chi connectivity index (χ4n) is 1.12. The summed E-state index contributed by atoms with van der Waals surface area (Å²) in [5.74, 6) is -0.0212. The highest BCUT2D eigenvalue weighted by Gasteiger charge is 2.33. The summed E-state index contributed by atoms with van der Waals surface area (Å²) in [5, 5.41) is 0. The third-order valence-corrected chi connectivity index (χ3v) is 2.09. The average Bonchev–Trinajstić information content (AvgIpc) is 2.16. The predicted octanol–water partition coefficient (Wildman–Crippen LogP) is 0.771. The van der Waals surface area contributed by atoms with Crippen molar-refractivity contribution in [2.75, 3.05) is 6.54 Å². The minimum atomic E-state index is -0.212. The Kier molecular flexibility index (Phi) is 2.57. The van der Waals surface area contributed by atoms with E-state index < -0.39 is 0 Å². The number of amides is 1. The third-order valence-electron chi connectivity index (χ3n) is 1.64. The van der Waals surface area contributed by atoms with Gasteiger partial charge >= 0.3 is 0 Å². The molecule has 0 aromatic heterocycles. The van der Waals surface area contributed by atoms with Crippen molar-refractivity contribution in [3.8, 4) is 0 Å². The number of thiocarbonyl (C=S) groups is 1. The van der Waals surface area contributed by atoms with Crippen LogP contribution >= 0.6 is 12.2 Å². The Balaban J connectivity index is 2.70. The molecule has 0 radical (unpaired) electrons. The maximum atomic E-state index is 11.1. The fraction of sp³-hybridized carbons (Fsp3) is 0.625. The summed E-state index contributed by atoms with van der Waals surface area (Å²) in [6.07, 6.45) is -0.0362. The molecule has 0 N–H and O–H groups in total. The van der Waals surface area contributed by atoms with Gasteiger partial charge in [-0.1, -0.05) is 26.1 Å². The molecule has 0 spiro atoms. The molecule has 1 aliphatic rings. The topological polar surface area (TPSA) is 37.4 Å². The number of hydrogen-bond donors (Lipinski definition) is 0. The van der Waals surface area contributed by atoms with Gasteiger partial charge < -0.3 is 0 Å². The van der Waals surface area contributed by atoms with Crippen LogP contribution in [-0.2, 0) is 9.59 Å². The third kappa shape index (κ3) is 1.69. The van der Waals surface area contributed by atoms with Crippen LogP contribution in [0.5, 0.6) is 0 Å². The molecule has 0 aromatic carbocycles. The Morgan fingerprint density at radius 3 is 2.42 bits per heavy atom. The van der Waals surface area contributed by atoms with Crippen molar-refractivity contribution in [1.29, 1.82) is 0 Å². The summed E-state index contributed by atoms with van der Waals surface area (Å²) < 4.78 is 0. The first-order valence-electron chi connectivity index (χ1n) is 3.90. The molecular weight excluding hydrogens is 174 g/mol. The van der Waals surface area contributed by atoms with Gasteiger partial charge in [0, 0.05) is 6.54 Å². The summed E-state index contributed by atoms with van der Waals surface area (Å²) >= 11 is 4.81. The largest absolute Gasteiger partial charge is 0.300 e. The maximum Gasteiger partial charge on any atom is 0.235 e. The van der Waals surface area contributed by atoms with Gasteiger partial charge in [0.2, 0.25) is 5.91 Å². The van der Waals surface area contributed by atoms with E-state index in [4.69, 9.17) is 12.2 Å². The van der Waals surface area contributed by atoms with E-state index in [0.29, 0.717) is 12.5 Å². The predicted molar refractivity (Wildman–Crippen MR) is 48.8 cm³/mol. The second-order valence-corrected chi connectivity index (χ2v) is 3.69. The van der Waals surface area contributed by atoms with Crippen molar-refractivity contribution in [3.63, 3.8) is 0 Å². The van der Waals surface area contributed by atoms with Crippen molar-refractivity contribution in [1.82, 2.24) is 4.90 Å². The second-order valence-electron chi connectivity index (χ2n) is 3.30. The van der Waals surface area contributed by atoms with Gasteiger partial charge in [-0.15, -0.1) is 0 Å². The van der Waals surface area contributed by atoms with Crippen LogP contribution in [0.4, 0.5) is 0 Å². The van der Waals surface area contributed by atoms with Crippen LogP contribution in [0.25, 0.3) is 0 Å². The Labute approximate surface area is 76.7 Å². The molecule has 1 rings (SSSR count). The molecule has 1 heterocycles. The number of nitrogens with zero attached hydrogens (tertiary/aromatic N) is 1. The Bertz CT molecular complexity index is 247. The molecule has 1 saturated heterocycles. The normalized spacial score (nSPS) is 18.2. The van der Waals surface area contributed by atoms with Crippen molar-refractivity contribution in [2.24, 2.45) is 5.92 Å². The maximum absolute atomic E-state index is 11.1. The number of ketones is 1. The van der Waals surface area contributed by atoms with E-state index in [1.807, 2.05) is 13.8 Å². The Morgan fingerprint density at radius 2 is 2.08 bits per heavy atom. The molecule has 66 valence electrons. The molecular formula is C8H11NO2S. The van der Waals surface area contributed by atoms with E-state index in [1.54, 1.807) is 0 Å².